The van der Waals surface area contributed by atoms with Gasteiger partial charge in [0, 0.05) is 37.3 Å². The minimum absolute atomic E-state index is 0.111. The Balaban J connectivity index is 1.49. The average molecular weight is 527 g/mol. The molecule has 3 heterocycles. The van der Waals surface area contributed by atoms with Gasteiger partial charge in [0.25, 0.3) is 0 Å². The third kappa shape index (κ3) is 6.92. The van der Waals surface area contributed by atoms with Crippen molar-refractivity contribution in [2.75, 3.05) is 36.5 Å². The molecule has 2 aromatic heterocycles. The Morgan fingerprint density at radius 1 is 1.14 bits per heavy atom. The number of ether oxygens (including phenoxy) is 1. The molecule has 198 valence electrons. The van der Waals surface area contributed by atoms with Gasteiger partial charge in [0.2, 0.25) is 16.0 Å². The van der Waals surface area contributed by atoms with Crippen LogP contribution in [0.25, 0.3) is 10.9 Å². The highest BCUT2D eigenvalue weighted by Crippen LogP contribution is 2.27. The summed E-state index contributed by atoms with van der Waals surface area (Å²) in [5.74, 6) is 1.01. The molecule has 1 aromatic carbocycles. The first-order valence-corrected chi connectivity index (χ1v) is 14.3. The predicted molar refractivity (Wildman–Crippen MR) is 144 cm³/mol. The first kappa shape index (κ1) is 26.7. The number of hydrogen-bond donors (Lipinski definition) is 2. The smallest absolute Gasteiger partial charge is 0.338 e. The van der Waals surface area contributed by atoms with Gasteiger partial charge in [-0.05, 0) is 57.7 Å². The molecule has 2 N–H and O–H groups in total. The number of nitrogens with zero attached hydrogens (tertiary/aromatic N) is 4. The summed E-state index contributed by atoms with van der Waals surface area (Å²) in [6.45, 7) is 7.55. The summed E-state index contributed by atoms with van der Waals surface area (Å²) in [7, 11) is -3.14. The van der Waals surface area contributed by atoms with Crippen LogP contribution >= 0.6 is 0 Å². The van der Waals surface area contributed by atoms with Crippen LogP contribution in [-0.4, -0.2) is 65.6 Å². The second-order valence-corrected chi connectivity index (χ2v) is 11.7. The van der Waals surface area contributed by atoms with Gasteiger partial charge in [-0.3, -0.25) is 0 Å². The van der Waals surface area contributed by atoms with Crippen LogP contribution in [0.1, 0.15) is 55.8 Å². The van der Waals surface area contributed by atoms with Crippen LogP contribution < -0.4 is 10.6 Å². The molecule has 0 amide bonds. The molecule has 1 fully saturated rings. The van der Waals surface area contributed by atoms with E-state index in [1.807, 2.05) is 26.0 Å². The van der Waals surface area contributed by atoms with Crippen molar-refractivity contribution in [3.8, 4) is 0 Å². The molecule has 1 aliphatic heterocycles. The highest BCUT2D eigenvalue weighted by atomic mass is 32.2. The lowest BCUT2D eigenvalue weighted by molar-refractivity contribution is 0.0330. The Labute approximate surface area is 217 Å². The number of pyridine rings is 1. The number of esters is 1. The molecule has 10 nitrogen and oxygen atoms in total. The number of anilines is 2. The minimum atomic E-state index is -3.14. The van der Waals surface area contributed by atoms with Crippen molar-refractivity contribution in [1.82, 2.24) is 19.3 Å². The lowest BCUT2D eigenvalue weighted by atomic mass is 9.98. The van der Waals surface area contributed by atoms with Gasteiger partial charge >= 0.3 is 5.97 Å². The number of benzene rings is 1. The van der Waals surface area contributed by atoms with E-state index in [1.54, 1.807) is 37.4 Å². The lowest BCUT2D eigenvalue weighted by Gasteiger charge is -2.30. The fourth-order valence-corrected chi connectivity index (χ4v) is 5.15. The zero-order valence-corrected chi connectivity index (χ0v) is 22.5. The van der Waals surface area contributed by atoms with Crippen LogP contribution in [0, 0.1) is 5.92 Å². The van der Waals surface area contributed by atoms with Crippen molar-refractivity contribution in [3.05, 3.63) is 53.9 Å². The van der Waals surface area contributed by atoms with Crippen LogP contribution in [0.4, 0.5) is 11.8 Å². The van der Waals surface area contributed by atoms with Gasteiger partial charge in [0.1, 0.15) is 11.6 Å². The molecule has 1 saturated heterocycles. The van der Waals surface area contributed by atoms with Crippen LogP contribution in [0.5, 0.6) is 0 Å². The standard InChI is InChI=1S/C26H34N6O4S/c1-17(2)29-24-23-21(14-22(30-24)18(3)36-25(33)20-8-6-5-7-9-20)16-28-26(31-23)27-15-19-10-12-32(13-11-19)37(4,34)35/h5-9,14,16-19H,10-13,15H2,1-4H3,(H,29,30)(H,27,28,31)/t18-/m1/s1. The summed E-state index contributed by atoms with van der Waals surface area (Å²) in [6.07, 6.45) is 4.00. The normalized spacial score (nSPS) is 16.0. The number of aromatic nitrogens is 3. The van der Waals surface area contributed by atoms with Crippen LogP contribution in [0.15, 0.2) is 42.6 Å². The molecule has 37 heavy (non-hydrogen) atoms. The van der Waals surface area contributed by atoms with Crippen molar-refractivity contribution >= 4 is 38.7 Å². The lowest BCUT2D eigenvalue weighted by Crippen LogP contribution is -2.39. The fraction of sp³-hybridized carbons (Fsp3) is 0.462. The van der Waals surface area contributed by atoms with E-state index < -0.39 is 22.1 Å². The number of piperidine rings is 1. The number of rotatable bonds is 9. The van der Waals surface area contributed by atoms with Crippen molar-refractivity contribution in [2.45, 2.75) is 45.8 Å². The Morgan fingerprint density at radius 3 is 2.49 bits per heavy atom. The molecule has 0 aliphatic carbocycles. The second-order valence-electron chi connectivity index (χ2n) is 9.73. The van der Waals surface area contributed by atoms with Crippen LogP contribution in [0.2, 0.25) is 0 Å². The van der Waals surface area contributed by atoms with Gasteiger partial charge in [-0.1, -0.05) is 18.2 Å². The largest absolute Gasteiger partial charge is 0.453 e. The molecule has 11 heteroatoms. The van der Waals surface area contributed by atoms with Crippen molar-refractivity contribution in [1.29, 1.82) is 0 Å². The maximum Gasteiger partial charge on any atom is 0.338 e. The zero-order valence-electron chi connectivity index (χ0n) is 21.6. The number of sulfonamides is 1. The molecule has 0 saturated carbocycles. The Morgan fingerprint density at radius 2 is 1.84 bits per heavy atom. The van der Waals surface area contributed by atoms with Gasteiger partial charge < -0.3 is 15.4 Å². The summed E-state index contributed by atoms with van der Waals surface area (Å²) >= 11 is 0. The summed E-state index contributed by atoms with van der Waals surface area (Å²) < 4.78 is 30.7. The monoisotopic (exact) mass is 526 g/mol. The Kier molecular flexibility index (Phi) is 8.23. The SMILES string of the molecule is CC(C)Nc1nc([C@@H](C)OC(=O)c2ccccc2)cc2cnc(NCC3CCN(S(C)(=O)=O)CC3)nc12. The van der Waals surface area contributed by atoms with E-state index in [4.69, 9.17) is 14.7 Å². The first-order chi connectivity index (χ1) is 17.6. The highest BCUT2D eigenvalue weighted by Gasteiger charge is 2.25. The summed E-state index contributed by atoms with van der Waals surface area (Å²) in [5.41, 5.74) is 1.75. The Hall–Kier alpha value is -3.31. The number of carbonyl (C=O) groups is 1. The van der Waals surface area contributed by atoms with Crippen molar-refractivity contribution in [3.63, 3.8) is 0 Å². The number of carbonyl (C=O) groups excluding carboxylic acids is 1. The Bertz CT molecular complexity index is 1340. The molecule has 3 aromatic rings. The van der Waals surface area contributed by atoms with Gasteiger partial charge in [-0.25, -0.2) is 32.5 Å². The first-order valence-electron chi connectivity index (χ1n) is 12.5. The minimum Gasteiger partial charge on any atom is -0.453 e. The van der Waals surface area contributed by atoms with E-state index in [2.05, 4.69) is 15.6 Å². The van der Waals surface area contributed by atoms with Gasteiger partial charge in [0.05, 0.1) is 17.5 Å². The van der Waals surface area contributed by atoms with Gasteiger partial charge in [0.15, 0.2) is 5.82 Å². The van der Waals surface area contributed by atoms with E-state index in [1.165, 1.54) is 10.6 Å². The average Bonchev–Trinajstić information content (AvgIpc) is 2.87. The van der Waals surface area contributed by atoms with Gasteiger partial charge in [-0.15, -0.1) is 0 Å². The predicted octanol–water partition coefficient (Wildman–Crippen LogP) is 3.85. The van der Waals surface area contributed by atoms with Crippen molar-refractivity contribution in [2.24, 2.45) is 5.92 Å². The van der Waals surface area contributed by atoms with Crippen LogP contribution in [0.3, 0.4) is 0 Å². The summed E-state index contributed by atoms with van der Waals surface area (Å²) in [4.78, 5) is 26.5. The molecule has 0 unspecified atom stereocenters. The highest BCUT2D eigenvalue weighted by molar-refractivity contribution is 7.88. The molecular formula is C26H34N6O4S. The van der Waals surface area contributed by atoms with Gasteiger partial charge in [-0.2, -0.15) is 0 Å². The van der Waals surface area contributed by atoms with Crippen molar-refractivity contribution < 1.29 is 17.9 Å². The molecule has 1 atom stereocenters. The maximum atomic E-state index is 12.5. The van der Waals surface area contributed by atoms with E-state index in [0.29, 0.717) is 54.1 Å². The topological polar surface area (TPSA) is 126 Å². The fourth-order valence-electron chi connectivity index (χ4n) is 4.27. The quantitative estimate of drug-likeness (QED) is 0.400. The maximum absolute atomic E-state index is 12.5. The third-order valence-electron chi connectivity index (χ3n) is 6.31. The molecular weight excluding hydrogens is 492 g/mol. The third-order valence-corrected chi connectivity index (χ3v) is 7.62. The zero-order chi connectivity index (χ0) is 26.6. The number of fused-ring (bicyclic) bond motifs is 1. The van der Waals surface area contributed by atoms with E-state index in [0.717, 1.165) is 18.2 Å². The molecule has 4 rings (SSSR count). The number of hydrogen-bond acceptors (Lipinski definition) is 9. The van der Waals surface area contributed by atoms with E-state index in [-0.39, 0.29) is 6.04 Å². The second kappa shape index (κ2) is 11.4. The molecule has 0 radical (unpaired) electrons. The number of nitrogens with one attached hydrogen (secondary N) is 2. The molecule has 0 spiro atoms. The van der Waals surface area contributed by atoms with E-state index in [9.17, 15) is 13.2 Å². The summed E-state index contributed by atoms with van der Waals surface area (Å²) in [5, 5.41) is 7.44. The molecule has 0 bridgehead atoms. The summed E-state index contributed by atoms with van der Waals surface area (Å²) in [6, 6.07) is 10.8. The van der Waals surface area contributed by atoms with Crippen LogP contribution in [-0.2, 0) is 14.8 Å². The molecule has 1 aliphatic rings. The van der Waals surface area contributed by atoms with E-state index >= 15 is 0 Å².